The molecule has 112 valence electrons. The van der Waals surface area contributed by atoms with E-state index in [0.717, 1.165) is 34.5 Å². The van der Waals surface area contributed by atoms with Gasteiger partial charge in [-0.1, -0.05) is 31.2 Å². The number of pyridine rings is 1. The van der Waals surface area contributed by atoms with Crippen LogP contribution in [0.1, 0.15) is 12.6 Å². The fourth-order valence-electron chi connectivity index (χ4n) is 2.39. The number of fused-ring (bicyclic) bond motifs is 1. The summed E-state index contributed by atoms with van der Waals surface area (Å²) in [6, 6.07) is 19.9. The first-order chi connectivity index (χ1) is 10.7. The van der Waals surface area contributed by atoms with Gasteiger partial charge in [0.15, 0.2) is 0 Å². The zero-order chi connectivity index (χ0) is 15.4. The monoisotopic (exact) mass is 292 g/mol. The predicted molar refractivity (Wildman–Crippen MR) is 90.2 cm³/mol. The molecule has 3 aromatic rings. The van der Waals surface area contributed by atoms with Crippen LogP contribution in [0.15, 0.2) is 60.7 Å². The molecule has 3 rings (SSSR count). The molecular formula is C19H20N2O. The van der Waals surface area contributed by atoms with Gasteiger partial charge in [0.2, 0.25) is 0 Å². The number of hydrogen-bond acceptors (Lipinski definition) is 3. The first kappa shape index (κ1) is 14.5. The second-order valence-corrected chi connectivity index (χ2v) is 5.62. The summed E-state index contributed by atoms with van der Waals surface area (Å²) in [5.41, 5.74) is 7.75. The number of hydrogen-bond donors (Lipinski definition) is 1. The lowest BCUT2D eigenvalue weighted by Crippen LogP contribution is -2.13. The van der Waals surface area contributed by atoms with Crippen LogP contribution in [0.25, 0.3) is 10.9 Å². The second kappa shape index (κ2) is 6.58. The van der Waals surface area contributed by atoms with Gasteiger partial charge < -0.3 is 10.5 Å². The van der Waals surface area contributed by atoms with Crippen LogP contribution in [0.3, 0.4) is 0 Å². The van der Waals surface area contributed by atoms with Gasteiger partial charge in [0, 0.05) is 11.1 Å². The molecule has 3 nitrogen and oxygen atoms in total. The van der Waals surface area contributed by atoms with Crippen molar-refractivity contribution in [1.29, 1.82) is 0 Å². The van der Waals surface area contributed by atoms with E-state index in [0.29, 0.717) is 12.5 Å². The molecule has 0 aliphatic carbocycles. The van der Waals surface area contributed by atoms with Crippen LogP contribution < -0.4 is 10.5 Å². The van der Waals surface area contributed by atoms with E-state index in [2.05, 4.69) is 19.1 Å². The number of para-hydroxylation sites is 1. The Labute approximate surface area is 130 Å². The van der Waals surface area contributed by atoms with Gasteiger partial charge in [-0.15, -0.1) is 0 Å². The first-order valence-corrected chi connectivity index (χ1v) is 7.57. The Hall–Kier alpha value is -2.39. The fraction of sp³-hybridized carbons (Fsp3) is 0.211. The van der Waals surface area contributed by atoms with Crippen LogP contribution in [-0.2, 0) is 6.42 Å². The van der Waals surface area contributed by atoms with E-state index in [1.807, 2.05) is 48.5 Å². The van der Waals surface area contributed by atoms with Crippen LogP contribution in [0.2, 0.25) is 0 Å². The molecule has 1 unspecified atom stereocenters. The van der Waals surface area contributed by atoms with E-state index in [-0.39, 0.29) is 0 Å². The highest BCUT2D eigenvalue weighted by atomic mass is 16.5. The summed E-state index contributed by atoms with van der Waals surface area (Å²) in [5.74, 6) is 2.11. The Morgan fingerprint density at radius 1 is 1.00 bits per heavy atom. The van der Waals surface area contributed by atoms with Gasteiger partial charge in [0.25, 0.3) is 0 Å². The molecule has 0 aliphatic rings. The molecule has 3 heteroatoms. The summed E-state index contributed by atoms with van der Waals surface area (Å²) in [6.45, 7) is 2.83. The topological polar surface area (TPSA) is 48.1 Å². The molecule has 1 atom stereocenters. The highest BCUT2D eigenvalue weighted by Gasteiger charge is 2.05. The summed E-state index contributed by atoms with van der Waals surface area (Å²) >= 11 is 0. The molecule has 0 bridgehead atoms. The standard InChI is InChI=1S/C19H20N2O/c1-14(13-20)11-16-8-7-15-12-18(9-10-19(15)21-16)22-17-5-3-2-4-6-17/h2-10,12,14H,11,13,20H2,1H3. The fourth-order valence-corrected chi connectivity index (χ4v) is 2.39. The maximum absolute atomic E-state index is 5.85. The highest BCUT2D eigenvalue weighted by molar-refractivity contribution is 5.80. The van der Waals surface area contributed by atoms with Crippen LogP contribution in [0.5, 0.6) is 11.5 Å². The molecule has 0 spiro atoms. The predicted octanol–water partition coefficient (Wildman–Crippen LogP) is 4.16. The van der Waals surface area contributed by atoms with E-state index in [1.54, 1.807) is 0 Å². The second-order valence-electron chi connectivity index (χ2n) is 5.62. The number of rotatable bonds is 5. The van der Waals surface area contributed by atoms with Gasteiger partial charge in [-0.2, -0.15) is 0 Å². The maximum Gasteiger partial charge on any atom is 0.128 e. The number of nitrogens with two attached hydrogens (primary N) is 1. The molecular weight excluding hydrogens is 272 g/mol. The van der Waals surface area contributed by atoms with Gasteiger partial charge in [0.05, 0.1) is 5.52 Å². The summed E-state index contributed by atoms with van der Waals surface area (Å²) in [5, 5.41) is 1.08. The van der Waals surface area contributed by atoms with Crippen molar-refractivity contribution in [2.45, 2.75) is 13.3 Å². The summed E-state index contributed by atoms with van der Waals surface area (Å²) in [4.78, 5) is 4.70. The van der Waals surface area contributed by atoms with Gasteiger partial charge in [-0.25, -0.2) is 0 Å². The lowest BCUT2D eigenvalue weighted by atomic mass is 10.0. The normalized spacial score (nSPS) is 12.3. The third kappa shape index (κ3) is 3.43. The Kier molecular flexibility index (Phi) is 4.35. The van der Waals surface area contributed by atoms with Crippen molar-refractivity contribution in [3.05, 3.63) is 66.4 Å². The molecule has 0 amide bonds. The lowest BCUT2D eigenvalue weighted by molar-refractivity contribution is 0.483. The number of aromatic nitrogens is 1. The highest BCUT2D eigenvalue weighted by Crippen LogP contribution is 2.25. The molecule has 1 aromatic heterocycles. The minimum absolute atomic E-state index is 0.450. The zero-order valence-corrected chi connectivity index (χ0v) is 12.7. The molecule has 0 saturated heterocycles. The van der Waals surface area contributed by atoms with Crippen molar-refractivity contribution < 1.29 is 4.74 Å². The quantitative estimate of drug-likeness (QED) is 0.768. The van der Waals surface area contributed by atoms with Crippen molar-refractivity contribution >= 4 is 10.9 Å². The molecule has 0 radical (unpaired) electrons. The number of benzene rings is 2. The van der Waals surface area contributed by atoms with Crippen LogP contribution in [0, 0.1) is 5.92 Å². The first-order valence-electron chi connectivity index (χ1n) is 7.57. The average molecular weight is 292 g/mol. The molecule has 0 fully saturated rings. The van der Waals surface area contributed by atoms with Crippen molar-refractivity contribution in [3.8, 4) is 11.5 Å². The van der Waals surface area contributed by atoms with Crippen molar-refractivity contribution in [2.24, 2.45) is 11.7 Å². The third-order valence-electron chi connectivity index (χ3n) is 3.66. The van der Waals surface area contributed by atoms with E-state index in [1.165, 1.54) is 0 Å². The van der Waals surface area contributed by atoms with Crippen molar-refractivity contribution in [3.63, 3.8) is 0 Å². The van der Waals surface area contributed by atoms with E-state index >= 15 is 0 Å². The van der Waals surface area contributed by atoms with Gasteiger partial charge in [0.1, 0.15) is 11.5 Å². The maximum atomic E-state index is 5.85. The molecule has 22 heavy (non-hydrogen) atoms. The molecule has 0 saturated carbocycles. The number of nitrogens with zero attached hydrogens (tertiary/aromatic N) is 1. The van der Waals surface area contributed by atoms with E-state index < -0.39 is 0 Å². The van der Waals surface area contributed by atoms with Gasteiger partial charge >= 0.3 is 0 Å². The minimum atomic E-state index is 0.450. The Morgan fingerprint density at radius 2 is 1.82 bits per heavy atom. The molecule has 1 heterocycles. The largest absolute Gasteiger partial charge is 0.457 e. The van der Waals surface area contributed by atoms with Crippen LogP contribution in [-0.4, -0.2) is 11.5 Å². The van der Waals surface area contributed by atoms with E-state index in [9.17, 15) is 0 Å². The number of ether oxygens (including phenoxy) is 1. The van der Waals surface area contributed by atoms with Gasteiger partial charge in [-0.3, -0.25) is 4.98 Å². The Balaban J connectivity index is 1.83. The molecule has 0 aliphatic heterocycles. The van der Waals surface area contributed by atoms with Gasteiger partial charge in [-0.05, 0) is 55.3 Å². The Morgan fingerprint density at radius 3 is 2.59 bits per heavy atom. The van der Waals surface area contributed by atoms with Crippen LogP contribution in [0.4, 0.5) is 0 Å². The lowest BCUT2D eigenvalue weighted by Gasteiger charge is -2.09. The summed E-state index contributed by atoms with van der Waals surface area (Å²) in [7, 11) is 0. The van der Waals surface area contributed by atoms with Crippen molar-refractivity contribution in [2.75, 3.05) is 6.54 Å². The third-order valence-corrected chi connectivity index (χ3v) is 3.66. The van der Waals surface area contributed by atoms with E-state index in [4.69, 9.17) is 15.5 Å². The SMILES string of the molecule is CC(CN)Cc1ccc2cc(Oc3ccccc3)ccc2n1. The molecule has 2 N–H and O–H groups in total. The smallest absolute Gasteiger partial charge is 0.128 e. The summed E-state index contributed by atoms with van der Waals surface area (Å²) < 4.78 is 5.85. The zero-order valence-electron chi connectivity index (χ0n) is 12.7. The average Bonchev–Trinajstić information content (AvgIpc) is 2.56. The Bertz CT molecular complexity index is 756. The van der Waals surface area contributed by atoms with Crippen molar-refractivity contribution in [1.82, 2.24) is 4.98 Å². The minimum Gasteiger partial charge on any atom is -0.457 e. The summed E-state index contributed by atoms with van der Waals surface area (Å²) in [6.07, 6.45) is 0.911. The van der Waals surface area contributed by atoms with Crippen LogP contribution >= 0.6 is 0 Å². The molecule has 2 aromatic carbocycles.